The molecule has 3 aromatic carbocycles. The van der Waals surface area contributed by atoms with Crippen LogP contribution < -0.4 is 4.74 Å². The Morgan fingerprint density at radius 1 is 1.00 bits per heavy atom. The van der Waals surface area contributed by atoms with Crippen molar-refractivity contribution in [3.8, 4) is 28.8 Å². The number of imide groups is 1. The van der Waals surface area contributed by atoms with E-state index < -0.39 is 11.8 Å². The maximum atomic E-state index is 13.5. The number of para-hydroxylation sites is 1. The first-order chi connectivity index (χ1) is 19.9. The highest BCUT2D eigenvalue weighted by Crippen LogP contribution is 2.32. The van der Waals surface area contributed by atoms with Gasteiger partial charge in [0.15, 0.2) is 0 Å². The molecule has 7 nitrogen and oxygen atoms in total. The average molecular weight is 563 g/mol. The van der Waals surface area contributed by atoms with Gasteiger partial charge in [0, 0.05) is 40.0 Å². The molecule has 0 spiro atoms. The summed E-state index contributed by atoms with van der Waals surface area (Å²) in [5.74, 6) is -0.354. The van der Waals surface area contributed by atoms with Gasteiger partial charge >= 0.3 is 0 Å². The van der Waals surface area contributed by atoms with Gasteiger partial charge in [-0.15, -0.1) is 0 Å². The number of benzene rings is 3. The SMILES string of the molecule is CCCN1C(=O)C(C#N)=C(C)/C(=C\c2cn(-c3ccccc3)nc2-c2cccc(OCc3ccccc3Cl)c2)C1=O. The fraction of sp³-hybridized carbons (Fsp3) is 0.152. The van der Waals surface area contributed by atoms with Crippen LogP contribution in [-0.4, -0.2) is 33.0 Å². The summed E-state index contributed by atoms with van der Waals surface area (Å²) in [4.78, 5) is 27.4. The third-order valence-electron chi connectivity index (χ3n) is 6.80. The van der Waals surface area contributed by atoms with Crippen molar-refractivity contribution in [2.45, 2.75) is 26.9 Å². The van der Waals surface area contributed by atoms with Crippen LogP contribution in [0.4, 0.5) is 0 Å². The quantitative estimate of drug-likeness (QED) is 0.174. The lowest BCUT2D eigenvalue weighted by atomic mass is 9.93. The number of halogens is 1. The minimum atomic E-state index is -0.558. The summed E-state index contributed by atoms with van der Waals surface area (Å²) in [6, 6.07) is 26.7. The minimum absolute atomic E-state index is 0.0312. The molecule has 0 saturated heterocycles. The lowest BCUT2D eigenvalue weighted by Crippen LogP contribution is -2.43. The Labute approximate surface area is 243 Å². The molecule has 0 aliphatic carbocycles. The Bertz CT molecular complexity index is 1730. The van der Waals surface area contributed by atoms with E-state index in [4.69, 9.17) is 21.4 Å². The highest BCUT2D eigenvalue weighted by atomic mass is 35.5. The molecule has 0 atom stereocenters. The number of nitrogens with zero attached hydrogens (tertiary/aromatic N) is 4. The van der Waals surface area contributed by atoms with Crippen LogP contribution in [0.25, 0.3) is 23.0 Å². The number of hydrogen-bond donors (Lipinski definition) is 0. The predicted octanol–water partition coefficient (Wildman–Crippen LogP) is 6.77. The van der Waals surface area contributed by atoms with Crippen LogP contribution >= 0.6 is 11.6 Å². The highest BCUT2D eigenvalue weighted by Gasteiger charge is 2.35. The maximum Gasteiger partial charge on any atom is 0.271 e. The number of amides is 2. The van der Waals surface area contributed by atoms with Crippen molar-refractivity contribution in [3.63, 3.8) is 0 Å². The van der Waals surface area contributed by atoms with Crippen LogP contribution in [0.5, 0.6) is 5.75 Å². The molecular formula is C33H27ClN4O3. The first-order valence-corrected chi connectivity index (χ1v) is 13.6. The Morgan fingerprint density at radius 3 is 2.49 bits per heavy atom. The third kappa shape index (κ3) is 5.69. The standard InChI is InChI=1S/C33H27ClN4O3/c1-3-16-37-32(39)28(22(2)29(19-35)33(37)40)18-25-20-38(26-12-5-4-6-13-26)36-31(25)23-11-9-14-27(17-23)41-21-24-10-7-8-15-30(24)34/h4-15,17-18,20H,3,16,21H2,1-2H3/b28-18+. The third-order valence-corrected chi connectivity index (χ3v) is 7.16. The van der Waals surface area contributed by atoms with E-state index in [2.05, 4.69) is 0 Å². The van der Waals surface area contributed by atoms with E-state index in [-0.39, 0.29) is 17.7 Å². The Balaban J connectivity index is 1.60. The zero-order chi connectivity index (χ0) is 28.9. The monoisotopic (exact) mass is 562 g/mol. The Kier molecular flexibility index (Phi) is 8.14. The van der Waals surface area contributed by atoms with Crippen LogP contribution in [0.3, 0.4) is 0 Å². The summed E-state index contributed by atoms with van der Waals surface area (Å²) in [6.07, 6.45) is 4.13. The van der Waals surface area contributed by atoms with Gasteiger partial charge in [-0.05, 0) is 55.3 Å². The molecule has 0 bridgehead atoms. The van der Waals surface area contributed by atoms with E-state index in [1.54, 1.807) is 17.7 Å². The minimum Gasteiger partial charge on any atom is -0.489 e. The average Bonchev–Trinajstić information content (AvgIpc) is 3.42. The summed E-state index contributed by atoms with van der Waals surface area (Å²) in [5, 5.41) is 15.2. The van der Waals surface area contributed by atoms with Crippen LogP contribution in [0.15, 0.2) is 102 Å². The molecule has 0 fully saturated rings. The van der Waals surface area contributed by atoms with Crippen molar-refractivity contribution in [2.75, 3.05) is 6.54 Å². The molecule has 204 valence electrons. The van der Waals surface area contributed by atoms with Crippen LogP contribution in [0, 0.1) is 11.3 Å². The fourth-order valence-electron chi connectivity index (χ4n) is 4.65. The highest BCUT2D eigenvalue weighted by molar-refractivity contribution is 6.31. The molecule has 0 N–H and O–H groups in total. The van der Waals surface area contributed by atoms with Crippen molar-refractivity contribution in [3.05, 3.63) is 118 Å². The smallest absolute Gasteiger partial charge is 0.271 e. The van der Waals surface area contributed by atoms with Gasteiger partial charge in [-0.1, -0.05) is 67.1 Å². The van der Waals surface area contributed by atoms with Gasteiger partial charge in [0.05, 0.1) is 5.69 Å². The molecule has 8 heteroatoms. The second-order valence-electron chi connectivity index (χ2n) is 9.55. The van der Waals surface area contributed by atoms with E-state index in [0.717, 1.165) is 21.7 Å². The number of aromatic nitrogens is 2. The van der Waals surface area contributed by atoms with E-state index in [0.29, 0.717) is 40.6 Å². The molecular weight excluding hydrogens is 536 g/mol. The number of hydrogen-bond acceptors (Lipinski definition) is 5. The van der Waals surface area contributed by atoms with Crippen molar-refractivity contribution < 1.29 is 14.3 Å². The predicted molar refractivity (Wildman–Crippen MR) is 158 cm³/mol. The van der Waals surface area contributed by atoms with Crippen molar-refractivity contribution in [2.24, 2.45) is 0 Å². The number of carbonyl (C=O) groups excluding carboxylic acids is 2. The topological polar surface area (TPSA) is 88.2 Å². The van der Waals surface area contributed by atoms with E-state index in [9.17, 15) is 14.9 Å². The van der Waals surface area contributed by atoms with Gasteiger partial charge in [0.1, 0.15) is 29.7 Å². The summed E-state index contributed by atoms with van der Waals surface area (Å²) in [7, 11) is 0. The number of nitriles is 1. The Morgan fingerprint density at radius 2 is 1.76 bits per heavy atom. The molecule has 0 unspecified atom stereocenters. The fourth-order valence-corrected chi connectivity index (χ4v) is 4.84. The summed E-state index contributed by atoms with van der Waals surface area (Å²) in [6.45, 7) is 4.04. The molecule has 5 rings (SSSR count). The number of ether oxygens (including phenoxy) is 1. The first kappa shape index (κ1) is 27.6. The van der Waals surface area contributed by atoms with Crippen LogP contribution in [0.1, 0.15) is 31.4 Å². The lowest BCUT2D eigenvalue weighted by Gasteiger charge is -2.27. The molecule has 1 aromatic heterocycles. The zero-order valence-corrected chi connectivity index (χ0v) is 23.4. The molecule has 2 amide bonds. The second kappa shape index (κ2) is 12.1. The summed E-state index contributed by atoms with van der Waals surface area (Å²) >= 11 is 6.30. The molecule has 41 heavy (non-hydrogen) atoms. The first-order valence-electron chi connectivity index (χ1n) is 13.2. The summed E-state index contributed by atoms with van der Waals surface area (Å²) < 4.78 is 7.80. The second-order valence-corrected chi connectivity index (χ2v) is 9.96. The van der Waals surface area contributed by atoms with Crippen molar-refractivity contribution in [1.29, 1.82) is 5.26 Å². The van der Waals surface area contributed by atoms with Crippen molar-refractivity contribution in [1.82, 2.24) is 14.7 Å². The van der Waals surface area contributed by atoms with E-state index in [1.165, 1.54) is 0 Å². The van der Waals surface area contributed by atoms with Crippen LogP contribution in [-0.2, 0) is 16.2 Å². The lowest BCUT2D eigenvalue weighted by molar-refractivity contribution is -0.140. The van der Waals surface area contributed by atoms with Crippen LogP contribution in [0.2, 0.25) is 5.02 Å². The Hall–Kier alpha value is -4.93. The molecule has 2 heterocycles. The molecule has 0 saturated carbocycles. The van der Waals surface area contributed by atoms with Crippen molar-refractivity contribution >= 4 is 29.5 Å². The van der Waals surface area contributed by atoms with Gasteiger partial charge < -0.3 is 4.74 Å². The van der Waals surface area contributed by atoms with Gasteiger partial charge in [-0.3, -0.25) is 14.5 Å². The molecule has 0 radical (unpaired) electrons. The molecule has 4 aromatic rings. The van der Waals surface area contributed by atoms with E-state index in [1.807, 2.05) is 98.1 Å². The summed E-state index contributed by atoms with van der Waals surface area (Å²) in [5.41, 5.74) is 4.36. The maximum absolute atomic E-state index is 13.5. The number of carbonyl (C=O) groups is 2. The molecule has 1 aliphatic heterocycles. The number of rotatable bonds is 8. The largest absolute Gasteiger partial charge is 0.489 e. The molecule has 1 aliphatic rings. The van der Waals surface area contributed by atoms with Gasteiger partial charge in [-0.2, -0.15) is 10.4 Å². The zero-order valence-electron chi connectivity index (χ0n) is 22.7. The van der Waals surface area contributed by atoms with Gasteiger partial charge in [0.2, 0.25) is 0 Å². The normalized spacial score (nSPS) is 14.5. The van der Waals surface area contributed by atoms with Gasteiger partial charge in [0.25, 0.3) is 11.8 Å². The van der Waals surface area contributed by atoms with Gasteiger partial charge in [-0.25, -0.2) is 4.68 Å². The van der Waals surface area contributed by atoms with E-state index >= 15 is 0 Å².